The van der Waals surface area contributed by atoms with Crippen LogP contribution in [0.2, 0.25) is 0 Å². The van der Waals surface area contributed by atoms with Crippen LogP contribution < -0.4 is 5.32 Å². The van der Waals surface area contributed by atoms with Crippen LogP contribution in [0.25, 0.3) is 0 Å². The summed E-state index contributed by atoms with van der Waals surface area (Å²) >= 11 is 0. The Kier molecular flexibility index (Phi) is 3.46. The second-order valence-electron chi connectivity index (χ2n) is 2.64. The topological polar surface area (TPSA) is 61.6 Å². The number of anilines is 1. The average molecular weight is 186 g/mol. The van der Waals surface area contributed by atoms with Crippen molar-refractivity contribution >= 4 is 5.82 Å². The summed E-state index contributed by atoms with van der Waals surface area (Å²) in [6, 6.07) is 1.83. The monoisotopic (exact) mass is 186 g/mol. The standard InChI is InChI=1S/C10H10N4/c1-3-8(4-2)14-10-9(7-11)12-5-6-13-10/h1,5-6,8H,4H2,2H3,(H,13,14). The molecule has 70 valence electrons. The van der Waals surface area contributed by atoms with E-state index in [2.05, 4.69) is 21.2 Å². The highest BCUT2D eigenvalue weighted by Gasteiger charge is 2.07. The van der Waals surface area contributed by atoms with Crippen molar-refractivity contribution in [2.75, 3.05) is 5.32 Å². The molecule has 0 aliphatic rings. The number of nitrogens with one attached hydrogen (secondary N) is 1. The van der Waals surface area contributed by atoms with Gasteiger partial charge >= 0.3 is 0 Å². The first-order valence-corrected chi connectivity index (χ1v) is 4.25. The maximum absolute atomic E-state index is 8.73. The number of hydrogen-bond donors (Lipinski definition) is 1. The number of nitrogens with zero attached hydrogens (tertiary/aromatic N) is 3. The molecule has 0 spiro atoms. The van der Waals surface area contributed by atoms with Crippen LogP contribution in [-0.2, 0) is 0 Å². The molecule has 1 unspecified atom stereocenters. The molecule has 0 aromatic carbocycles. The largest absolute Gasteiger partial charge is 0.354 e. The van der Waals surface area contributed by atoms with E-state index in [1.165, 1.54) is 12.4 Å². The summed E-state index contributed by atoms with van der Waals surface area (Å²) in [6.07, 6.45) is 9.05. The normalized spacial score (nSPS) is 11.1. The Hall–Kier alpha value is -2.07. The lowest BCUT2D eigenvalue weighted by Crippen LogP contribution is -2.17. The van der Waals surface area contributed by atoms with Crippen molar-refractivity contribution in [1.29, 1.82) is 5.26 Å². The van der Waals surface area contributed by atoms with Gasteiger partial charge in [0, 0.05) is 12.4 Å². The predicted molar refractivity (Wildman–Crippen MR) is 53.3 cm³/mol. The second kappa shape index (κ2) is 4.84. The van der Waals surface area contributed by atoms with Crippen molar-refractivity contribution < 1.29 is 0 Å². The Morgan fingerprint density at radius 2 is 2.29 bits per heavy atom. The maximum atomic E-state index is 8.73. The Labute approximate surface area is 83.0 Å². The third-order valence-corrected chi connectivity index (χ3v) is 1.72. The third-order valence-electron chi connectivity index (χ3n) is 1.72. The summed E-state index contributed by atoms with van der Waals surface area (Å²) in [6.45, 7) is 1.96. The van der Waals surface area contributed by atoms with Gasteiger partial charge in [-0.15, -0.1) is 6.42 Å². The zero-order valence-electron chi connectivity index (χ0n) is 7.86. The molecule has 1 atom stereocenters. The van der Waals surface area contributed by atoms with Crippen LogP contribution in [0.5, 0.6) is 0 Å². The molecule has 1 N–H and O–H groups in total. The fraction of sp³-hybridized carbons (Fsp3) is 0.300. The molecular formula is C10H10N4. The average Bonchev–Trinajstić information content (AvgIpc) is 2.26. The van der Waals surface area contributed by atoms with Gasteiger partial charge in [-0.1, -0.05) is 12.8 Å². The fourth-order valence-corrected chi connectivity index (χ4v) is 0.952. The van der Waals surface area contributed by atoms with Gasteiger partial charge in [0.1, 0.15) is 6.07 Å². The first kappa shape index (κ1) is 10.0. The second-order valence-corrected chi connectivity index (χ2v) is 2.64. The van der Waals surface area contributed by atoms with Crippen molar-refractivity contribution in [2.45, 2.75) is 19.4 Å². The number of terminal acetylenes is 1. The molecule has 0 bridgehead atoms. The fourth-order valence-electron chi connectivity index (χ4n) is 0.952. The minimum absolute atomic E-state index is 0.112. The Morgan fingerprint density at radius 3 is 2.86 bits per heavy atom. The molecule has 0 aliphatic carbocycles. The molecule has 4 nitrogen and oxygen atoms in total. The number of aromatic nitrogens is 2. The van der Waals surface area contributed by atoms with Crippen LogP contribution >= 0.6 is 0 Å². The molecule has 1 aromatic heterocycles. The van der Waals surface area contributed by atoms with E-state index in [0.29, 0.717) is 5.82 Å². The molecule has 0 aliphatic heterocycles. The van der Waals surface area contributed by atoms with E-state index in [0.717, 1.165) is 6.42 Å². The van der Waals surface area contributed by atoms with Gasteiger partial charge in [-0.2, -0.15) is 5.26 Å². The van der Waals surface area contributed by atoms with Gasteiger partial charge in [-0.3, -0.25) is 0 Å². The van der Waals surface area contributed by atoms with Gasteiger partial charge in [-0.05, 0) is 6.42 Å². The van der Waals surface area contributed by atoms with Crippen molar-refractivity contribution in [1.82, 2.24) is 9.97 Å². The van der Waals surface area contributed by atoms with Gasteiger partial charge in [0.2, 0.25) is 0 Å². The van der Waals surface area contributed by atoms with Crippen LogP contribution in [0.1, 0.15) is 19.0 Å². The summed E-state index contributed by atoms with van der Waals surface area (Å²) in [4.78, 5) is 7.86. The zero-order valence-corrected chi connectivity index (χ0v) is 7.86. The van der Waals surface area contributed by atoms with Gasteiger partial charge in [0.05, 0.1) is 6.04 Å². The first-order valence-electron chi connectivity index (χ1n) is 4.25. The lowest BCUT2D eigenvalue weighted by Gasteiger charge is -2.11. The Morgan fingerprint density at radius 1 is 1.57 bits per heavy atom. The third kappa shape index (κ3) is 2.21. The highest BCUT2D eigenvalue weighted by atomic mass is 15.0. The molecular weight excluding hydrogens is 176 g/mol. The molecule has 1 aromatic rings. The minimum Gasteiger partial charge on any atom is -0.354 e. The van der Waals surface area contributed by atoms with E-state index in [1.807, 2.05) is 13.0 Å². The van der Waals surface area contributed by atoms with Crippen molar-refractivity contribution in [3.63, 3.8) is 0 Å². The van der Waals surface area contributed by atoms with E-state index in [-0.39, 0.29) is 11.7 Å². The van der Waals surface area contributed by atoms with Crippen LogP contribution in [0.3, 0.4) is 0 Å². The van der Waals surface area contributed by atoms with E-state index < -0.39 is 0 Å². The zero-order chi connectivity index (χ0) is 10.4. The van der Waals surface area contributed by atoms with Gasteiger partial charge < -0.3 is 5.32 Å². The van der Waals surface area contributed by atoms with Gasteiger partial charge in [-0.25, -0.2) is 9.97 Å². The highest BCUT2D eigenvalue weighted by Crippen LogP contribution is 2.08. The summed E-state index contributed by atoms with van der Waals surface area (Å²) in [5.74, 6) is 3.01. The van der Waals surface area contributed by atoms with E-state index >= 15 is 0 Å². The number of rotatable bonds is 3. The highest BCUT2D eigenvalue weighted by molar-refractivity contribution is 5.48. The Balaban J connectivity index is 2.87. The van der Waals surface area contributed by atoms with E-state index in [1.54, 1.807) is 0 Å². The Bertz CT molecular complexity index is 386. The van der Waals surface area contributed by atoms with Crippen molar-refractivity contribution in [2.24, 2.45) is 0 Å². The molecule has 14 heavy (non-hydrogen) atoms. The van der Waals surface area contributed by atoms with Crippen LogP contribution in [0.15, 0.2) is 12.4 Å². The lowest BCUT2D eigenvalue weighted by molar-refractivity contribution is 0.847. The van der Waals surface area contributed by atoms with Crippen LogP contribution in [0, 0.1) is 23.7 Å². The molecule has 0 amide bonds. The molecule has 0 saturated carbocycles. The molecule has 1 rings (SSSR count). The summed E-state index contributed by atoms with van der Waals surface area (Å²) in [5, 5.41) is 11.7. The molecule has 4 heteroatoms. The SMILES string of the molecule is C#CC(CC)Nc1nccnc1C#N. The number of nitriles is 1. The first-order chi connectivity index (χ1) is 6.81. The van der Waals surface area contributed by atoms with E-state index in [9.17, 15) is 0 Å². The van der Waals surface area contributed by atoms with Gasteiger partial charge in [0.15, 0.2) is 11.5 Å². The number of hydrogen-bond acceptors (Lipinski definition) is 4. The summed E-state index contributed by atoms with van der Waals surface area (Å²) in [5.41, 5.74) is 0.265. The van der Waals surface area contributed by atoms with Crippen LogP contribution in [0.4, 0.5) is 5.82 Å². The predicted octanol–water partition coefficient (Wildman–Crippen LogP) is 1.17. The maximum Gasteiger partial charge on any atom is 0.183 e. The van der Waals surface area contributed by atoms with Crippen LogP contribution in [-0.4, -0.2) is 16.0 Å². The molecule has 0 fully saturated rings. The van der Waals surface area contributed by atoms with Gasteiger partial charge in [0.25, 0.3) is 0 Å². The van der Waals surface area contributed by atoms with Crippen molar-refractivity contribution in [3.8, 4) is 18.4 Å². The molecule has 0 radical (unpaired) electrons. The van der Waals surface area contributed by atoms with E-state index in [4.69, 9.17) is 11.7 Å². The quantitative estimate of drug-likeness (QED) is 0.720. The molecule has 0 saturated heterocycles. The summed E-state index contributed by atoms with van der Waals surface area (Å²) < 4.78 is 0. The lowest BCUT2D eigenvalue weighted by atomic mass is 10.2. The molecule has 1 heterocycles. The smallest absolute Gasteiger partial charge is 0.183 e. The summed E-state index contributed by atoms with van der Waals surface area (Å²) in [7, 11) is 0. The minimum atomic E-state index is -0.112. The van der Waals surface area contributed by atoms with Crippen molar-refractivity contribution in [3.05, 3.63) is 18.1 Å².